The third kappa shape index (κ3) is 2.44. The standard InChI is InChI=1S/C11H15N5/c1-16-8-9(7-14-16)6-11(15-12)10-4-2-3-5-13-10/h2-5,7-8,11,15H,6,12H2,1H3. The van der Waals surface area contributed by atoms with E-state index in [4.69, 9.17) is 5.84 Å². The zero-order chi connectivity index (χ0) is 11.4. The molecule has 5 nitrogen and oxygen atoms in total. The number of aryl methyl sites for hydroxylation is 1. The molecule has 0 aliphatic heterocycles. The number of rotatable bonds is 4. The monoisotopic (exact) mass is 217 g/mol. The quantitative estimate of drug-likeness (QED) is 0.580. The second-order valence-corrected chi connectivity index (χ2v) is 3.70. The highest BCUT2D eigenvalue weighted by Gasteiger charge is 2.12. The Kier molecular flexibility index (Phi) is 3.28. The SMILES string of the molecule is Cn1cc(CC(NN)c2ccccn2)cn1. The fraction of sp³-hybridized carbons (Fsp3) is 0.273. The molecule has 2 aromatic rings. The number of hydrogen-bond acceptors (Lipinski definition) is 4. The summed E-state index contributed by atoms with van der Waals surface area (Å²) in [6.07, 6.45) is 6.37. The van der Waals surface area contributed by atoms with Gasteiger partial charge in [-0.1, -0.05) is 6.07 Å². The maximum Gasteiger partial charge on any atom is 0.0673 e. The Labute approximate surface area is 94.3 Å². The van der Waals surface area contributed by atoms with Crippen LogP contribution in [0.3, 0.4) is 0 Å². The second-order valence-electron chi connectivity index (χ2n) is 3.70. The highest BCUT2D eigenvalue weighted by Crippen LogP contribution is 2.14. The van der Waals surface area contributed by atoms with Crippen molar-refractivity contribution >= 4 is 0 Å². The number of nitrogens with two attached hydrogens (primary N) is 1. The van der Waals surface area contributed by atoms with Crippen LogP contribution in [0.25, 0.3) is 0 Å². The number of pyridine rings is 1. The van der Waals surface area contributed by atoms with E-state index in [1.165, 1.54) is 0 Å². The largest absolute Gasteiger partial charge is 0.276 e. The van der Waals surface area contributed by atoms with Crippen LogP contribution in [-0.4, -0.2) is 14.8 Å². The molecule has 84 valence electrons. The van der Waals surface area contributed by atoms with Crippen molar-refractivity contribution in [2.24, 2.45) is 12.9 Å². The van der Waals surface area contributed by atoms with Crippen molar-refractivity contribution < 1.29 is 0 Å². The maximum atomic E-state index is 5.54. The summed E-state index contributed by atoms with van der Waals surface area (Å²) in [5, 5.41) is 4.13. The van der Waals surface area contributed by atoms with Gasteiger partial charge >= 0.3 is 0 Å². The van der Waals surface area contributed by atoms with Crippen LogP contribution in [0, 0.1) is 0 Å². The highest BCUT2D eigenvalue weighted by atomic mass is 15.2. The molecule has 3 N–H and O–H groups in total. The normalized spacial score (nSPS) is 12.6. The van der Waals surface area contributed by atoms with Crippen LogP contribution < -0.4 is 11.3 Å². The number of hydrazine groups is 1. The molecule has 0 radical (unpaired) electrons. The molecule has 0 saturated carbocycles. The van der Waals surface area contributed by atoms with Gasteiger partial charge in [-0.05, 0) is 24.1 Å². The molecule has 2 aromatic heterocycles. The van der Waals surface area contributed by atoms with E-state index >= 15 is 0 Å². The molecule has 0 aliphatic rings. The molecule has 0 aromatic carbocycles. The third-order valence-electron chi connectivity index (χ3n) is 2.44. The minimum atomic E-state index is 0.0189. The summed E-state index contributed by atoms with van der Waals surface area (Å²) in [5.74, 6) is 5.54. The molecular weight excluding hydrogens is 202 g/mol. The van der Waals surface area contributed by atoms with E-state index in [-0.39, 0.29) is 6.04 Å². The van der Waals surface area contributed by atoms with Gasteiger partial charge in [-0.3, -0.25) is 20.9 Å². The van der Waals surface area contributed by atoms with Gasteiger partial charge in [0.15, 0.2) is 0 Å². The van der Waals surface area contributed by atoms with E-state index in [0.717, 1.165) is 17.7 Å². The third-order valence-corrected chi connectivity index (χ3v) is 2.44. The number of aromatic nitrogens is 3. The topological polar surface area (TPSA) is 68.8 Å². The molecule has 0 aliphatic carbocycles. The van der Waals surface area contributed by atoms with Crippen LogP contribution in [0.1, 0.15) is 17.3 Å². The lowest BCUT2D eigenvalue weighted by molar-refractivity contribution is 0.538. The van der Waals surface area contributed by atoms with Crippen LogP contribution in [0.2, 0.25) is 0 Å². The molecule has 0 fully saturated rings. The van der Waals surface area contributed by atoms with Crippen molar-refractivity contribution in [3.63, 3.8) is 0 Å². The lowest BCUT2D eigenvalue weighted by Crippen LogP contribution is -2.30. The van der Waals surface area contributed by atoms with Gasteiger partial charge in [0.25, 0.3) is 0 Å². The Morgan fingerprint density at radius 1 is 1.50 bits per heavy atom. The maximum absolute atomic E-state index is 5.54. The number of nitrogens with zero attached hydrogens (tertiary/aromatic N) is 3. The number of nitrogens with one attached hydrogen (secondary N) is 1. The van der Waals surface area contributed by atoms with Crippen molar-refractivity contribution in [2.75, 3.05) is 0 Å². The molecule has 0 bridgehead atoms. The first kappa shape index (κ1) is 10.8. The fourth-order valence-electron chi connectivity index (χ4n) is 1.64. The average molecular weight is 217 g/mol. The van der Waals surface area contributed by atoms with Crippen molar-refractivity contribution in [2.45, 2.75) is 12.5 Å². The predicted molar refractivity (Wildman–Crippen MR) is 61.2 cm³/mol. The average Bonchev–Trinajstić information content (AvgIpc) is 2.73. The first-order valence-electron chi connectivity index (χ1n) is 5.14. The Bertz CT molecular complexity index is 437. The smallest absolute Gasteiger partial charge is 0.0673 e. The van der Waals surface area contributed by atoms with Crippen LogP contribution in [0.5, 0.6) is 0 Å². The zero-order valence-electron chi connectivity index (χ0n) is 9.17. The van der Waals surface area contributed by atoms with Crippen molar-refractivity contribution in [1.82, 2.24) is 20.2 Å². The van der Waals surface area contributed by atoms with Crippen molar-refractivity contribution in [1.29, 1.82) is 0 Å². The van der Waals surface area contributed by atoms with E-state index in [1.807, 2.05) is 37.6 Å². The number of hydrogen-bond donors (Lipinski definition) is 2. The lowest BCUT2D eigenvalue weighted by atomic mass is 10.1. The molecule has 16 heavy (non-hydrogen) atoms. The molecule has 1 unspecified atom stereocenters. The van der Waals surface area contributed by atoms with Gasteiger partial charge in [0.2, 0.25) is 0 Å². The minimum absolute atomic E-state index is 0.0189. The molecule has 1 atom stereocenters. The van der Waals surface area contributed by atoms with E-state index < -0.39 is 0 Å². The summed E-state index contributed by atoms with van der Waals surface area (Å²) in [7, 11) is 1.90. The summed E-state index contributed by atoms with van der Waals surface area (Å²) in [6.45, 7) is 0. The molecular formula is C11H15N5. The van der Waals surface area contributed by atoms with E-state index in [2.05, 4.69) is 15.5 Å². The molecule has 5 heteroatoms. The highest BCUT2D eigenvalue weighted by molar-refractivity contribution is 5.14. The fourth-order valence-corrected chi connectivity index (χ4v) is 1.64. The van der Waals surface area contributed by atoms with E-state index in [0.29, 0.717) is 0 Å². The van der Waals surface area contributed by atoms with Crippen molar-refractivity contribution in [3.8, 4) is 0 Å². The Hall–Kier alpha value is -1.72. The van der Waals surface area contributed by atoms with Gasteiger partial charge in [0.1, 0.15) is 0 Å². The second kappa shape index (κ2) is 4.87. The minimum Gasteiger partial charge on any atom is -0.276 e. The molecule has 2 heterocycles. The zero-order valence-corrected chi connectivity index (χ0v) is 9.17. The summed E-state index contributed by atoms with van der Waals surface area (Å²) < 4.78 is 1.78. The molecule has 2 rings (SSSR count). The Balaban J connectivity index is 2.12. The van der Waals surface area contributed by atoms with Gasteiger partial charge < -0.3 is 0 Å². The lowest BCUT2D eigenvalue weighted by Gasteiger charge is -2.13. The van der Waals surface area contributed by atoms with Gasteiger partial charge in [-0.15, -0.1) is 0 Å². The van der Waals surface area contributed by atoms with Crippen LogP contribution in [-0.2, 0) is 13.5 Å². The van der Waals surface area contributed by atoms with E-state index in [9.17, 15) is 0 Å². The summed E-state index contributed by atoms with van der Waals surface area (Å²) in [4.78, 5) is 4.28. The summed E-state index contributed by atoms with van der Waals surface area (Å²) >= 11 is 0. The van der Waals surface area contributed by atoms with Crippen LogP contribution in [0.4, 0.5) is 0 Å². The molecule has 0 amide bonds. The van der Waals surface area contributed by atoms with Gasteiger partial charge in [-0.2, -0.15) is 5.10 Å². The van der Waals surface area contributed by atoms with Gasteiger partial charge in [0, 0.05) is 19.4 Å². The van der Waals surface area contributed by atoms with E-state index in [1.54, 1.807) is 10.9 Å². The van der Waals surface area contributed by atoms with Gasteiger partial charge in [0.05, 0.1) is 17.9 Å². The van der Waals surface area contributed by atoms with Gasteiger partial charge in [-0.25, -0.2) is 0 Å². The van der Waals surface area contributed by atoms with Crippen LogP contribution >= 0.6 is 0 Å². The first-order chi connectivity index (χ1) is 7.79. The van der Waals surface area contributed by atoms with Crippen molar-refractivity contribution in [3.05, 3.63) is 48.0 Å². The Morgan fingerprint density at radius 2 is 2.38 bits per heavy atom. The summed E-state index contributed by atoms with van der Waals surface area (Å²) in [5.41, 5.74) is 4.85. The molecule has 0 saturated heterocycles. The summed E-state index contributed by atoms with van der Waals surface area (Å²) in [6, 6.07) is 5.82. The molecule has 0 spiro atoms. The van der Waals surface area contributed by atoms with Crippen LogP contribution in [0.15, 0.2) is 36.8 Å². The first-order valence-corrected chi connectivity index (χ1v) is 5.14. The predicted octanol–water partition coefficient (Wildman–Crippen LogP) is 0.562. The Morgan fingerprint density at radius 3 is 2.94 bits per heavy atom.